The van der Waals surface area contributed by atoms with E-state index < -0.39 is 10.2 Å². The zero-order valence-electron chi connectivity index (χ0n) is 12.0. The Morgan fingerprint density at radius 2 is 2.25 bits per heavy atom. The second-order valence-corrected chi connectivity index (χ2v) is 6.63. The van der Waals surface area contributed by atoms with E-state index in [1.165, 1.54) is 6.20 Å². The van der Waals surface area contributed by atoms with Gasteiger partial charge in [-0.15, -0.1) is 0 Å². The van der Waals surface area contributed by atoms with Crippen LogP contribution in [0.4, 0.5) is 5.69 Å². The van der Waals surface area contributed by atoms with Crippen molar-refractivity contribution >= 4 is 15.9 Å². The van der Waals surface area contributed by atoms with Crippen molar-refractivity contribution in [2.45, 2.75) is 38.8 Å². The predicted octanol–water partition coefficient (Wildman–Crippen LogP) is 0.634. The van der Waals surface area contributed by atoms with E-state index in [2.05, 4.69) is 15.1 Å². The Bertz CT molecular complexity index is 526. The van der Waals surface area contributed by atoms with Crippen LogP contribution in [0.2, 0.25) is 0 Å². The molecule has 0 amide bonds. The van der Waals surface area contributed by atoms with E-state index in [9.17, 15) is 8.42 Å². The molecule has 2 heterocycles. The fourth-order valence-electron chi connectivity index (χ4n) is 2.53. The summed E-state index contributed by atoms with van der Waals surface area (Å²) in [4.78, 5) is 0. The van der Waals surface area contributed by atoms with Gasteiger partial charge in [-0.1, -0.05) is 6.42 Å². The van der Waals surface area contributed by atoms with Crippen LogP contribution in [0.25, 0.3) is 0 Å². The lowest BCUT2D eigenvalue weighted by molar-refractivity contribution is 0.250. The van der Waals surface area contributed by atoms with Crippen molar-refractivity contribution in [1.29, 1.82) is 0 Å². The van der Waals surface area contributed by atoms with Crippen LogP contribution in [-0.2, 0) is 16.8 Å². The molecule has 1 aliphatic rings. The maximum Gasteiger partial charge on any atom is 0.302 e. The van der Waals surface area contributed by atoms with Gasteiger partial charge in [0, 0.05) is 31.9 Å². The van der Waals surface area contributed by atoms with Crippen molar-refractivity contribution in [3.8, 4) is 0 Å². The highest BCUT2D eigenvalue weighted by Crippen LogP contribution is 2.21. The molecule has 1 aliphatic heterocycles. The third-order valence-electron chi connectivity index (χ3n) is 3.53. The van der Waals surface area contributed by atoms with Gasteiger partial charge in [-0.3, -0.25) is 9.40 Å². The van der Waals surface area contributed by atoms with Crippen LogP contribution in [0, 0.1) is 0 Å². The van der Waals surface area contributed by atoms with Gasteiger partial charge in [0.1, 0.15) is 0 Å². The van der Waals surface area contributed by atoms with Crippen LogP contribution >= 0.6 is 0 Å². The molecule has 1 saturated heterocycles. The van der Waals surface area contributed by atoms with E-state index in [0.717, 1.165) is 19.3 Å². The molecular weight excluding hydrogens is 278 g/mol. The van der Waals surface area contributed by atoms with Crippen molar-refractivity contribution < 1.29 is 8.42 Å². The van der Waals surface area contributed by atoms with Crippen molar-refractivity contribution in [3.63, 3.8) is 0 Å². The van der Waals surface area contributed by atoms with Crippen LogP contribution in [0.5, 0.6) is 0 Å². The molecule has 1 fully saturated rings. The summed E-state index contributed by atoms with van der Waals surface area (Å²) in [5.41, 5.74) is 0.514. The van der Waals surface area contributed by atoms with Gasteiger partial charge in [0.05, 0.1) is 11.9 Å². The van der Waals surface area contributed by atoms with E-state index >= 15 is 0 Å². The lowest BCUT2D eigenvalue weighted by Crippen LogP contribution is -2.49. The monoisotopic (exact) mass is 301 g/mol. The highest BCUT2D eigenvalue weighted by Gasteiger charge is 2.31. The SMILES string of the molecule is CCn1cc(NS(=O)(=O)N2CCCCC2CNC)cn1. The topological polar surface area (TPSA) is 79.3 Å². The Balaban J connectivity index is 2.11. The molecule has 1 atom stereocenters. The van der Waals surface area contributed by atoms with Gasteiger partial charge in [0.15, 0.2) is 0 Å². The standard InChI is InChI=1S/C12H23N5O2S/c1-3-16-10-11(8-14-16)15-20(18,19)17-7-5-4-6-12(17)9-13-2/h8,10,12-13,15H,3-7,9H2,1-2H3. The molecule has 1 unspecified atom stereocenters. The van der Waals surface area contributed by atoms with Crippen molar-refractivity contribution in [2.75, 3.05) is 24.9 Å². The lowest BCUT2D eigenvalue weighted by Gasteiger charge is -2.34. The molecule has 1 aromatic rings. The van der Waals surface area contributed by atoms with Gasteiger partial charge in [-0.05, 0) is 26.8 Å². The first kappa shape index (κ1) is 15.3. The Labute approximate surface area is 120 Å². The molecule has 0 bridgehead atoms. The number of nitrogens with zero attached hydrogens (tertiary/aromatic N) is 3. The first-order valence-electron chi connectivity index (χ1n) is 7.03. The fourth-order valence-corrected chi connectivity index (χ4v) is 3.99. The zero-order chi connectivity index (χ0) is 14.6. The third-order valence-corrected chi connectivity index (χ3v) is 5.12. The van der Waals surface area contributed by atoms with E-state index in [1.54, 1.807) is 15.2 Å². The molecule has 7 nitrogen and oxygen atoms in total. The van der Waals surface area contributed by atoms with Gasteiger partial charge in [0.2, 0.25) is 0 Å². The molecular formula is C12H23N5O2S. The van der Waals surface area contributed by atoms with Gasteiger partial charge in [-0.2, -0.15) is 17.8 Å². The number of hydrogen-bond acceptors (Lipinski definition) is 4. The first-order chi connectivity index (χ1) is 9.56. The largest absolute Gasteiger partial charge is 0.318 e. The predicted molar refractivity (Wildman–Crippen MR) is 78.7 cm³/mol. The summed E-state index contributed by atoms with van der Waals surface area (Å²) in [5, 5.41) is 7.14. The second-order valence-electron chi connectivity index (χ2n) is 5.01. The number of hydrogen-bond donors (Lipinski definition) is 2. The summed E-state index contributed by atoms with van der Waals surface area (Å²) in [7, 11) is -1.67. The number of aromatic nitrogens is 2. The van der Waals surface area contributed by atoms with Crippen LogP contribution in [0.15, 0.2) is 12.4 Å². The second kappa shape index (κ2) is 6.55. The molecule has 0 aromatic carbocycles. The minimum absolute atomic E-state index is 0.0208. The lowest BCUT2D eigenvalue weighted by atomic mass is 10.1. The molecule has 2 rings (SSSR count). The quantitative estimate of drug-likeness (QED) is 0.808. The minimum atomic E-state index is -3.51. The Hall–Kier alpha value is -1.12. The number of anilines is 1. The highest BCUT2D eigenvalue weighted by atomic mass is 32.2. The van der Waals surface area contributed by atoms with Crippen LogP contribution < -0.4 is 10.0 Å². The summed E-state index contributed by atoms with van der Waals surface area (Å²) >= 11 is 0. The van der Waals surface area contributed by atoms with Gasteiger partial charge in [-0.25, -0.2) is 0 Å². The van der Waals surface area contributed by atoms with Crippen LogP contribution in [0.3, 0.4) is 0 Å². The van der Waals surface area contributed by atoms with E-state index in [-0.39, 0.29) is 6.04 Å². The number of aryl methyl sites for hydroxylation is 1. The van der Waals surface area contributed by atoms with Gasteiger partial charge >= 0.3 is 10.2 Å². The number of piperidine rings is 1. The van der Waals surface area contributed by atoms with E-state index in [1.807, 2.05) is 14.0 Å². The normalized spacial score (nSPS) is 21.0. The summed E-state index contributed by atoms with van der Waals surface area (Å²) in [6, 6.07) is 0.0208. The molecule has 0 radical (unpaired) electrons. The smallest absolute Gasteiger partial charge is 0.302 e. The molecule has 114 valence electrons. The fraction of sp³-hybridized carbons (Fsp3) is 0.750. The van der Waals surface area contributed by atoms with Gasteiger partial charge in [0.25, 0.3) is 0 Å². The third kappa shape index (κ3) is 3.50. The Morgan fingerprint density at radius 3 is 2.90 bits per heavy atom. The van der Waals surface area contributed by atoms with Gasteiger partial charge < -0.3 is 5.32 Å². The van der Waals surface area contributed by atoms with Crippen LogP contribution in [0.1, 0.15) is 26.2 Å². The summed E-state index contributed by atoms with van der Waals surface area (Å²) in [6.07, 6.45) is 6.13. The number of nitrogens with one attached hydrogen (secondary N) is 2. The highest BCUT2D eigenvalue weighted by molar-refractivity contribution is 7.90. The van der Waals surface area contributed by atoms with Crippen molar-refractivity contribution in [2.24, 2.45) is 0 Å². The molecule has 2 N–H and O–H groups in total. The molecule has 0 aliphatic carbocycles. The molecule has 20 heavy (non-hydrogen) atoms. The van der Waals surface area contributed by atoms with Crippen molar-refractivity contribution in [1.82, 2.24) is 19.4 Å². The summed E-state index contributed by atoms with van der Waals surface area (Å²) in [6.45, 7) is 3.92. The van der Waals surface area contributed by atoms with E-state index in [4.69, 9.17) is 0 Å². The average Bonchev–Trinajstić information content (AvgIpc) is 2.86. The Morgan fingerprint density at radius 1 is 1.45 bits per heavy atom. The molecule has 1 aromatic heterocycles. The van der Waals surface area contributed by atoms with E-state index in [0.29, 0.717) is 25.3 Å². The minimum Gasteiger partial charge on any atom is -0.318 e. The maximum absolute atomic E-state index is 12.5. The number of rotatable bonds is 6. The maximum atomic E-state index is 12.5. The summed E-state index contributed by atoms with van der Waals surface area (Å²) < 4.78 is 30.9. The summed E-state index contributed by atoms with van der Waals surface area (Å²) in [5.74, 6) is 0. The Kier molecular flexibility index (Phi) is 5.00. The molecule has 0 saturated carbocycles. The molecule has 0 spiro atoms. The van der Waals surface area contributed by atoms with Crippen molar-refractivity contribution in [3.05, 3.63) is 12.4 Å². The average molecular weight is 301 g/mol. The van der Waals surface area contributed by atoms with Crippen LogP contribution in [-0.4, -0.2) is 48.7 Å². The molecule has 8 heteroatoms. The first-order valence-corrected chi connectivity index (χ1v) is 8.47. The zero-order valence-corrected chi connectivity index (χ0v) is 12.9. The number of likely N-dealkylation sites (N-methyl/N-ethyl adjacent to an activating group) is 1.